The van der Waals surface area contributed by atoms with E-state index in [1.165, 1.54) is 13.2 Å². The molecule has 0 aromatic heterocycles. The molecule has 64 valence electrons. The number of aromatic hydroxyl groups is 1. The molecule has 0 aliphatic heterocycles. The van der Waals surface area contributed by atoms with E-state index in [1.807, 2.05) is 0 Å². The van der Waals surface area contributed by atoms with Gasteiger partial charge in [-0.15, -0.1) is 0 Å². The van der Waals surface area contributed by atoms with E-state index in [0.29, 0.717) is 0 Å². The van der Waals surface area contributed by atoms with Gasteiger partial charge in [0.1, 0.15) is 11.3 Å². The van der Waals surface area contributed by atoms with Crippen LogP contribution in [0.5, 0.6) is 5.75 Å². The Hall–Kier alpha value is -1.03. The summed E-state index contributed by atoms with van der Waals surface area (Å²) in [4.78, 5) is 11.1. The number of hydrogen-bond donors (Lipinski definition) is 1. The van der Waals surface area contributed by atoms with Crippen molar-refractivity contribution in [3.63, 3.8) is 0 Å². The lowest BCUT2D eigenvalue weighted by Gasteiger charge is -2.01. The standard InChI is InChI=1S/C8H7BrO3/c1-12-8(11)6-4-5(9)2-3-7(6)10/h2-4,10H,1H3/i2D,3D. The minimum Gasteiger partial charge on any atom is -0.507 e. The molecule has 0 amide bonds. The van der Waals surface area contributed by atoms with Gasteiger partial charge in [0.15, 0.2) is 0 Å². The first-order valence-electron chi connectivity index (χ1n) is 4.06. The van der Waals surface area contributed by atoms with Crippen molar-refractivity contribution >= 4 is 21.9 Å². The van der Waals surface area contributed by atoms with Gasteiger partial charge in [-0.2, -0.15) is 0 Å². The lowest BCUT2D eigenvalue weighted by Crippen LogP contribution is -2.01. The van der Waals surface area contributed by atoms with Gasteiger partial charge in [0, 0.05) is 4.47 Å². The average molecular weight is 233 g/mol. The van der Waals surface area contributed by atoms with Gasteiger partial charge >= 0.3 is 5.97 Å². The van der Waals surface area contributed by atoms with Crippen LogP contribution in [-0.4, -0.2) is 18.2 Å². The molecule has 12 heavy (non-hydrogen) atoms. The maximum absolute atomic E-state index is 11.1. The summed E-state index contributed by atoms with van der Waals surface area (Å²) in [5.74, 6) is -1.28. The summed E-state index contributed by atoms with van der Waals surface area (Å²) in [6, 6.07) is 0.677. The smallest absolute Gasteiger partial charge is 0.341 e. The number of rotatable bonds is 1. The van der Waals surface area contributed by atoms with Gasteiger partial charge in [0.25, 0.3) is 0 Å². The van der Waals surface area contributed by atoms with Crippen molar-refractivity contribution in [1.82, 2.24) is 0 Å². The number of hydrogen-bond acceptors (Lipinski definition) is 3. The Kier molecular flexibility index (Phi) is 1.93. The van der Waals surface area contributed by atoms with Crippen molar-refractivity contribution in [2.45, 2.75) is 0 Å². The number of benzene rings is 1. The van der Waals surface area contributed by atoms with Crippen LogP contribution in [0.1, 0.15) is 13.1 Å². The molecule has 3 nitrogen and oxygen atoms in total. The van der Waals surface area contributed by atoms with Gasteiger partial charge in [-0.05, 0) is 18.2 Å². The molecule has 1 N–H and O–H groups in total. The Bertz CT molecular complexity index is 393. The molecule has 0 bridgehead atoms. The zero-order chi connectivity index (χ0) is 10.9. The van der Waals surface area contributed by atoms with Crippen LogP contribution in [0.3, 0.4) is 0 Å². The molecule has 1 aromatic rings. The Morgan fingerprint density at radius 1 is 1.75 bits per heavy atom. The maximum atomic E-state index is 11.1. The Labute approximate surface area is 80.9 Å². The van der Waals surface area contributed by atoms with Crippen LogP contribution >= 0.6 is 15.9 Å². The topological polar surface area (TPSA) is 46.5 Å². The predicted molar refractivity (Wildman–Crippen MR) is 47.1 cm³/mol. The van der Waals surface area contributed by atoms with Gasteiger partial charge in [-0.25, -0.2) is 4.79 Å². The summed E-state index contributed by atoms with van der Waals surface area (Å²) in [5.41, 5.74) is -0.125. The van der Waals surface area contributed by atoms with Crippen LogP contribution in [0.15, 0.2) is 22.6 Å². The minimum atomic E-state index is -0.739. The third-order valence-electron chi connectivity index (χ3n) is 1.23. The maximum Gasteiger partial charge on any atom is 0.341 e. The highest BCUT2D eigenvalue weighted by Gasteiger charge is 2.10. The molecule has 0 spiro atoms. The number of carbonyl (C=O) groups excluding carboxylic acids is 1. The molecule has 1 aromatic carbocycles. The first-order chi connectivity index (χ1) is 6.49. The summed E-state index contributed by atoms with van der Waals surface area (Å²) in [6.45, 7) is 0. The summed E-state index contributed by atoms with van der Waals surface area (Å²) < 4.78 is 19.3. The van der Waals surface area contributed by atoms with Crippen molar-refractivity contribution in [2.75, 3.05) is 7.11 Å². The normalized spacial score (nSPS) is 11.8. The Morgan fingerprint density at radius 2 is 2.42 bits per heavy atom. The quantitative estimate of drug-likeness (QED) is 0.754. The number of carbonyl (C=O) groups is 1. The third kappa shape index (κ3) is 1.76. The molecular weight excluding hydrogens is 224 g/mol. The average Bonchev–Trinajstić information content (AvgIpc) is 2.19. The molecular formula is C8H7BrO3. The SMILES string of the molecule is [2H]c1c(Br)cc(C(=O)OC)c(O)c1[2H]. The molecule has 0 fully saturated rings. The number of ether oxygens (including phenoxy) is 1. The monoisotopic (exact) mass is 232 g/mol. The fourth-order valence-corrected chi connectivity index (χ4v) is 1.01. The Balaban J connectivity index is 3.40. The molecule has 0 radical (unpaired) electrons. The van der Waals surface area contributed by atoms with Gasteiger partial charge in [-0.1, -0.05) is 15.9 Å². The summed E-state index contributed by atoms with van der Waals surface area (Å²) in [7, 11) is 1.17. The van der Waals surface area contributed by atoms with Crippen molar-refractivity contribution in [2.24, 2.45) is 0 Å². The van der Waals surface area contributed by atoms with Crippen molar-refractivity contribution in [1.29, 1.82) is 0 Å². The van der Waals surface area contributed by atoms with Crippen LogP contribution < -0.4 is 0 Å². The number of halogens is 1. The number of methoxy groups -OCH3 is 1. The largest absolute Gasteiger partial charge is 0.507 e. The summed E-state index contributed by atoms with van der Waals surface area (Å²) in [6.07, 6.45) is 0. The highest BCUT2D eigenvalue weighted by molar-refractivity contribution is 9.10. The first-order valence-corrected chi connectivity index (χ1v) is 3.85. The second-order valence-electron chi connectivity index (χ2n) is 2.00. The van der Waals surface area contributed by atoms with Crippen LogP contribution in [0.2, 0.25) is 0 Å². The van der Waals surface area contributed by atoms with E-state index >= 15 is 0 Å². The molecule has 0 atom stereocenters. The van der Waals surface area contributed by atoms with Crippen LogP contribution in [0, 0.1) is 0 Å². The van der Waals surface area contributed by atoms with Crippen molar-refractivity contribution in [3.05, 3.63) is 28.2 Å². The fraction of sp³-hybridized carbons (Fsp3) is 0.125. The van der Waals surface area contributed by atoms with Gasteiger partial charge in [-0.3, -0.25) is 0 Å². The number of phenolic OH excluding ortho intramolecular Hbond substituents is 1. The second-order valence-corrected chi connectivity index (χ2v) is 2.85. The minimum absolute atomic E-state index is 0.125. The first kappa shape index (κ1) is 6.48. The third-order valence-corrected chi connectivity index (χ3v) is 1.66. The van der Waals surface area contributed by atoms with Crippen LogP contribution in [0.4, 0.5) is 0 Å². The molecule has 0 saturated carbocycles. The van der Waals surface area contributed by atoms with E-state index in [2.05, 4.69) is 20.7 Å². The number of esters is 1. The lowest BCUT2D eigenvalue weighted by molar-refractivity contribution is 0.0597. The zero-order valence-electron chi connectivity index (χ0n) is 8.22. The van der Waals surface area contributed by atoms with E-state index in [-0.39, 0.29) is 16.1 Å². The van der Waals surface area contributed by atoms with Crippen LogP contribution in [0.25, 0.3) is 0 Å². The molecule has 0 unspecified atom stereocenters. The highest BCUT2D eigenvalue weighted by atomic mass is 79.9. The van der Waals surface area contributed by atoms with Gasteiger partial charge < -0.3 is 9.84 Å². The molecule has 0 heterocycles. The predicted octanol–water partition coefficient (Wildman–Crippen LogP) is 1.94. The van der Waals surface area contributed by atoms with E-state index in [4.69, 9.17) is 2.74 Å². The number of phenols is 1. The zero-order valence-corrected chi connectivity index (χ0v) is 7.81. The van der Waals surface area contributed by atoms with E-state index < -0.39 is 17.8 Å². The summed E-state index contributed by atoms with van der Waals surface area (Å²) in [5, 5.41) is 9.38. The molecule has 1 rings (SSSR count). The van der Waals surface area contributed by atoms with Crippen molar-refractivity contribution in [3.8, 4) is 5.75 Å². The molecule has 0 saturated heterocycles. The molecule has 4 heteroatoms. The van der Waals surface area contributed by atoms with Gasteiger partial charge in [0.2, 0.25) is 0 Å². The fourth-order valence-electron chi connectivity index (χ4n) is 0.683. The molecule has 0 aliphatic carbocycles. The van der Waals surface area contributed by atoms with E-state index in [1.54, 1.807) is 0 Å². The van der Waals surface area contributed by atoms with Crippen molar-refractivity contribution < 1.29 is 17.4 Å². The van der Waals surface area contributed by atoms with E-state index in [0.717, 1.165) is 0 Å². The highest BCUT2D eigenvalue weighted by Crippen LogP contribution is 2.22. The van der Waals surface area contributed by atoms with Crippen LogP contribution in [-0.2, 0) is 4.74 Å². The second kappa shape index (κ2) is 3.58. The molecule has 0 aliphatic rings. The Morgan fingerprint density at radius 3 is 3.00 bits per heavy atom. The van der Waals surface area contributed by atoms with E-state index in [9.17, 15) is 9.90 Å². The van der Waals surface area contributed by atoms with Gasteiger partial charge in [0.05, 0.1) is 9.85 Å². The summed E-state index contributed by atoms with van der Waals surface area (Å²) >= 11 is 3.00. The lowest BCUT2D eigenvalue weighted by atomic mass is 10.2.